The number of alkyl halides is 4. The summed E-state index contributed by atoms with van der Waals surface area (Å²) in [5.74, 6) is -3.14. The third kappa shape index (κ3) is 17.4. The van der Waals surface area contributed by atoms with Crippen molar-refractivity contribution in [3.63, 3.8) is 0 Å². The Labute approximate surface area is 772 Å². The van der Waals surface area contributed by atoms with Crippen molar-refractivity contribution in [3.8, 4) is 0 Å². The van der Waals surface area contributed by atoms with E-state index in [0.29, 0.717) is 63.9 Å². The standard InChI is InChI=1S/2C26H32F2N4O3.C26H32N4O4.C22H26N4O3/c2*1-4-26(27,28)16-32-21-12-8-6-10-19(21)29-22(32)13-31-20-11-7-5-9-18(20)25(23(31)33)14-30(15-25)24(34)35-17(2)3;1-4-18(31)13-29-22-12-8-6-10-20(22)27-23(29)14-30-21-11-7-5-9-19(21)26(24(30)32)15-28(16-26)25(33)34-17(2)3;1-14(2)29-21(28)25-12-22(13-25)15-7-3-6-10-18(15)26(20(22)27)11-19-23-16-8-4-5-9-17(16)24-19/h2*5,7,9,11,17H,4,6,8,10,12-16H2,1-3H3;5,7,9,11,17H,4,6,8,10,12-16H2,1-3H3;3,6-7,10,14H,4-5,8-9,11-13H2,1-2H3,(H,23,24). The Morgan fingerprint density at radius 1 is 0.368 bits per heavy atom. The number of hydrogen-bond donors (Lipinski definition) is 1. The molecule has 20 rings (SSSR count). The van der Waals surface area contributed by atoms with Gasteiger partial charge in [0.25, 0.3) is 11.8 Å². The zero-order valence-electron chi connectivity index (χ0n) is 78.1. The van der Waals surface area contributed by atoms with Gasteiger partial charge in [0.2, 0.25) is 23.6 Å². The van der Waals surface area contributed by atoms with Gasteiger partial charge in [0.1, 0.15) is 45.0 Å². The van der Waals surface area contributed by atoms with E-state index in [9.17, 15) is 60.7 Å². The number of nitrogens with one attached hydrogen (secondary N) is 1. The van der Waals surface area contributed by atoms with Gasteiger partial charge in [-0.15, -0.1) is 0 Å². The number of carbonyl (C=O) groups is 9. The molecular formula is C100H122F4N16O13. The van der Waals surface area contributed by atoms with Crippen LogP contribution in [-0.2, 0) is 162 Å². The molecule has 4 fully saturated rings. The predicted molar refractivity (Wildman–Crippen MR) is 488 cm³/mol. The van der Waals surface area contributed by atoms with Crippen LogP contribution in [0.1, 0.15) is 238 Å². The van der Waals surface area contributed by atoms with Crippen molar-refractivity contribution in [2.24, 2.45) is 0 Å². The summed E-state index contributed by atoms with van der Waals surface area (Å²) in [6.07, 6.45) is 12.8. The molecule has 8 aromatic rings. The second-order valence-electron chi connectivity index (χ2n) is 38.9. The molecule has 4 spiro atoms. The van der Waals surface area contributed by atoms with E-state index in [0.717, 1.165) is 186 Å². The Balaban J connectivity index is 0.000000124. The number of halogens is 4. The number of anilines is 4. The first-order chi connectivity index (χ1) is 63.6. The average molecular weight is 1830 g/mol. The molecule has 0 radical (unpaired) electrons. The first-order valence-electron chi connectivity index (χ1n) is 47.7. The summed E-state index contributed by atoms with van der Waals surface area (Å²) < 4.78 is 84.6. The van der Waals surface area contributed by atoms with Gasteiger partial charge in [-0.05, 0) is 205 Å². The van der Waals surface area contributed by atoms with Gasteiger partial charge in [0.05, 0.1) is 93.0 Å². The second kappa shape index (κ2) is 36.8. The number of fused-ring (bicyclic) bond motifs is 12. The van der Waals surface area contributed by atoms with Gasteiger partial charge >= 0.3 is 24.4 Å². The van der Waals surface area contributed by atoms with Crippen molar-refractivity contribution in [2.75, 3.05) is 72.0 Å². The fraction of sp³-hybridized carbons (Fsp3) is 0.550. The lowest BCUT2D eigenvalue weighted by atomic mass is 9.75. The molecule has 29 nitrogen and oxygen atoms in total. The molecule has 0 bridgehead atoms. The van der Waals surface area contributed by atoms with E-state index in [4.69, 9.17) is 38.9 Å². The molecule has 1 N–H and O–H groups in total. The zero-order valence-corrected chi connectivity index (χ0v) is 78.1. The van der Waals surface area contributed by atoms with Gasteiger partial charge in [0.15, 0.2) is 5.78 Å². The third-order valence-corrected chi connectivity index (χ3v) is 28.2. The van der Waals surface area contributed by atoms with Crippen LogP contribution in [0.5, 0.6) is 0 Å². The first kappa shape index (κ1) is 92.9. The number of imidazole rings is 4. The summed E-state index contributed by atoms with van der Waals surface area (Å²) in [6.45, 7) is 22.0. The number of rotatable bonds is 21. The van der Waals surface area contributed by atoms with Crippen molar-refractivity contribution >= 4 is 76.5 Å². The van der Waals surface area contributed by atoms with Crippen LogP contribution in [-0.4, -0.2) is 201 Å². The summed E-state index contributed by atoms with van der Waals surface area (Å²) in [4.78, 5) is 153. The topological polar surface area (TPSA) is 299 Å². The van der Waals surface area contributed by atoms with Crippen LogP contribution in [0.2, 0.25) is 0 Å². The minimum Gasteiger partial charge on any atom is -0.447 e. The van der Waals surface area contributed by atoms with Gasteiger partial charge in [-0.2, -0.15) is 0 Å². The van der Waals surface area contributed by atoms with Gasteiger partial charge in [0, 0.05) is 117 Å². The molecule has 133 heavy (non-hydrogen) atoms. The Morgan fingerprint density at radius 2 is 0.639 bits per heavy atom. The molecule has 4 aromatic carbocycles. The van der Waals surface area contributed by atoms with Crippen molar-refractivity contribution < 1.29 is 79.7 Å². The van der Waals surface area contributed by atoms with Crippen LogP contribution in [0.25, 0.3) is 0 Å². The van der Waals surface area contributed by atoms with Crippen LogP contribution >= 0.6 is 0 Å². The van der Waals surface area contributed by atoms with Gasteiger partial charge < -0.3 is 76.8 Å². The van der Waals surface area contributed by atoms with E-state index in [-0.39, 0.29) is 118 Å². The van der Waals surface area contributed by atoms with Crippen molar-refractivity contribution in [3.05, 3.63) is 188 Å². The number of amides is 8. The average Bonchev–Trinajstić information content (AvgIpc) is 1.57. The van der Waals surface area contributed by atoms with E-state index in [2.05, 4.69) is 4.98 Å². The number of nitrogens with zero attached hydrogens (tertiary/aromatic N) is 15. The smallest absolute Gasteiger partial charge is 0.410 e. The van der Waals surface area contributed by atoms with E-state index in [1.165, 1.54) is 32.4 Å². The van der Waals surface area contributed by atoms with E-state index in [1.54, 1.807) is 71.1 Å². The number of ether oxygens (including phenoxy) is 4. The molecule has 0 saturated carbocycles. The zero-order chi connectivity index (χ0) is 94.1. The van der Waals surface area contributed by atoms with Crippen LogP contribution in [0.15, 0.2) is 97.1 Å². The normalized spacial score (nSPS) is 18.7. The third-order valence-electron chi connectivity index (χ3n) is 28.2. The molecule has 0 atom stereocenters. The lowest BCUT2D eigenvalue weighted by Crippen LogP contribution is -2.65. The highest BCUT2D eigenvalue weighted by atomic mass is 19.3. The Bertz CT molecular complexity index is 5620. The van der Waals surface area contributed by atoms with Crippen LogP contribution in [0.3, 0.4) is 0 Å². The van der Waals surface area contributed by atoms with Crippen molar-refractivity contribution in [1.29, 1.82) is 0 Å². The minimum absolute atomic E-state index is 0.0170. The fourth-order valence-corrected chi connectivity index (χ4v) is 21.3. The molecule has 8 amide bonds. The van der Waals surface area contributed by atoms with Crippen molar-refractivity contribution in [1.82, 2.24) is 58.2 Å². The highest BCUT2D eigenvalue weighted by Gasteiger charge is 2.64. The second-order valence-corrected chi connectivity index (χ2v) is 38.9. The quantitative estimate of drug-likeness (QED) is 0.0516. The Morgan fingerprint density at radius 3 is 0.932 bits per heavy atom. The summed E-state index contributed by atoms with van der Waals surface area (Å²) in [5, 5.41) is 0. The SMILES string of the molecule is CC(C)OC(=O)N1CC2(C1)C(=O)N(Cc1nc3c([nH]1)CCCC3)c1ccccc12.CCC(=O)Cn1c(CN2C(=O)C3(CN(C(=O)OC(C)C)C3)c3ccccc32)nc2c1CCCC2.CCC(F)(F)Cn1c(CN2C(=O)C3(CN(C(=O)OC(C)C)C3)c3ccccc32)nc2c1CCCC2.CCC(F)(F)Cn1c(CN2C(=O)C3(CN(C(=O)OC(C)C)C3)c3ccccc32)nc2c1CCCC2. The molecule has 33 heteroatoms. The lowest BCUT2D eigenvalue weighted by Gasteiger charge is -2.46. The molecule has 4 saturated heterocycles. The molecule has 12 aliphatic rings. The van der Waals surface area contributed by atoms with Gasteiger partial charge in [-0.1, -0.05) is 93.6 Å². The van der Waals surface area contributed by atoms with E-state index < -0.39 is 58.8 Å². The molecule has 4 aromatic heterocycles. The number of aryl methyl sites for hydroxylation is 5. The van der Waals surface area contributed by atoms with Crippen LogP contribution < -0.4 is 19.6 Å². The Hall–Kier alpha value is -11.9. The highest BCUT2D eigenvalue weighted by molar-refractivity contribution is 6.13. The number of Topliss-reactive ketones (excluding diaryl/α,β-unsaturated/α-hetero) is 1. The molecule has 4 aliphatic carbocycles. The molecular weight excluding hydrogens is 1710 g/mol. The largest absolute Gasteiger partial charge is 0.447 e. The van der Waals surface area contributed by atoms with E-state index >= 15 is 0 Å². The maximum absolute atomic E-state index is 14.5. The minimum atomic E-state index is -2.85. The number of aromatic amines is 1. The molecule has 12 heterocycles. The summed E-state index contributed by atoms with van der Waals surface area (Å²) >= 11 is 0. The monoisotopic (exact) mass is 1830 g/mol. The fourth-order valence-electron chi connectivity index (χ4n) is 21.3. The Kier molecular flexibility index (Phi) is 25.7. The number of carbonyl (C=O) groups excluding carboxylic acids is 9. The first-order valence-corrected chi connectivity index (χ1v) is 47.7. The summed E-state index contributed by atoms with van der Waals surface area (Å²) in [6, 6.07) is 30.8. The van der Waals surface area contributed by atoms with E-state index in [1.807, 2.05) is 141 Å². The number of para-hydroxylation sites is 4. The lowest BCUT2D eigenvalue weighted by molar-refractivity contribution is -0.129. The number of H-pyrrole nitrogens is 1. The number of benzene rings is 4. The van der Waals surface area contributed by atoms with Crippen LogP contribution in [0.4, 0.5) is 59.5 Å². The number of hydrogen-bond acceptors (Lipinski definition) is 17. The maximum Gasteiger partial charge on any atom is 0.410 e. The summed E-state index contributed by atoms with van der Waals surface area (Å²) in [7, 11) is 0. The highest BCUT2D eigenvalue weighted by Crippen LogP contribution is 2.53. The predicted octanol–water partition coefficient (Wildman–Crippen LogP) is 15.2. The van der Waals surface area contributed by atoms with Gasteiger partial charge in [-0.3, -0.25) is 24.0 Å². The molecule has 8 aliphatic heterocycles. The number of likely N-dealkylation sites (tertiary alicyclic amines) is 4. The van der Waals surface area contributed by atoms with Gasteiger partial charge in [-0.25, -0.2) is 56.7 Å². The summed E-state index contributed by atoms with van der Waals surface area (Å²) in [5.41, 5.74) is 11.9. The molecule has 708 valence electrons. The van der Waals surface area contributed by atoms with Crippen molar-refractivity contribution in [2.45, 2.75) is 302 Å². The molecule has 0 unspecified atom stereocenters. The maximum atomic E-state index is 14.5. The van der Waals surface area contributed by atoms with Crippen LogP contribution in [0, 0.1) is 0 Å². The number of ketones is 1. The number of aromatic nitrogens is 8.